The van der Waals surface area contributed by atoms with Gasteiger partial charge in [0.05, 0.1) is 6.10 Å². The number of carbonyl (C=O) groups excluding carboxylic acids is 1. The fourth-order valence-corrected chi connectivity index (χ4v) is 8.21. The molecule has 3 fully saturated rings. The molecule has 0 aromatic carbocycles. The van der Waals surface area contributed by atoms with E-state index in [9.17, 15) is 9.90 Å². The van der Waals surface area contributed by atoms with Crippen molar-refractivity contribution in [3.05, 3.63) is 23.3 Å². The van der Waals surface area contributed by atoms with Crippen molar-refractivity contribution < 1.29 is 14.6 Å². The largest absolute Gasteiger partial charge is 0.393 e. The topological polar surface area (TPSA) is 49.8 Å². The predicted molar refractivity (Wildman–Crippen MR) is 123 cm³/mol. The van der Waals surface area contributed by atoms with E-state index in [0.29, 0.717) is 36.0 Å². The summed E-state index contributed by atoms with van der Waals surface area (Å²) in [5.41, 5.74) is 2.32. The van der Waals surface area contributed by atoms with E-state index >= 15 is 0 Å². The van der Waals surface area contributed by atoms with E-state index in [-0.39, 0.29) is 28.8 Å². The van der Waals surface area contributed by atoms with Crippen molar-refractivity contribution in [3.63, 3.8) is 0 Å². The Balaban J connectivity index is 1.46. The molecule has 1 unspecified atom stereocenters. The number of allylic oxidation sites excluding steroid dienone is 2. The second-order valence-electron chi connectivity index (χ2n) is 12.5. The molecule has 1 aliphatic heterocycles. The van der Waals surface area contributed by atoms with Gasteiger partial charge in [0, 0.05) is 17.4 Å². The molecule has 31 heavy (non-hydrogen) atoms. The first-order chi connectivity index (χ1) is 14.5. The maximum Gasteiger partial charge on any atom is 0.190 e. The number of carbonyl (C=O) groups is 1. The van der Waals surface area contributed by atoms with Gasteiger partial charge >= 0.3 is 0 Å². The second kappa shape index (κ2) is 7.03. The van der Waals surface area contributed by atoms with Gasteiger partial charge < -0.3 is 9.84 Å². The maximum absolute atomic E-state index is 13.7. The first-order valence-electron chi connectivity index (χ1n) is 12.9. The Kier molecular flexibility index (Phi) is 4.97. The van der Waals surface area contributed by atoms with Crippen LogP contribution in [0.3, 0.4) is 0 Å². The van der Waals surface area contributed by atoms with Crippen LogP contribution in [0.1, 0.15) is 86.5 Å². The van der Waals surface area contributed by atoms with Gasteiger partial charge in [0.25, 0.3) is 0 Å². The lowest BCUT2D eigenvalue weighted by Crippen LogP contribution is -2.53. The summed E-state index contributed by atoms with van der Waals surface area (Å²) < 4.78 is 6.23. The van der Waals surface area contributed by atoms with E-state index < -0.39 is 5.60 Å². The van der Waals surface area contributed by atoms with Crippen LogP contribution in [0.15, 0.2) is 23.3 Å². The van der Waals surface area contributed by atoms with Crippen LogP contribution < -0.4 is 0 Å². The molecule has 0 aromatic heterocycles. The molecule has 1 N–H and O–H groups in total. The summed E-state index contributed by atoms with van der Waals surface area (Å²) in [6, 6.07) is 0. The number of aliphatic hydroxyl groups excluding tert-OH is 1. The van der Waals surface area contributed by atoms with Crippen molar-refractivity contribution in [1.29, 1.82) is 0 Å². The molecule has 9 atom stereocenters. The van der Waals surface area contributed by atoms with Crippen molar-refractivity contribution in [3.8, 4) is 0 Å². The van der Waals surface area contributed by atoms with E-state index in [1.807, 2.05) is 0 Å². The van der Waals surface area contributed by atoms with Crippen LogP contribution >= 0.6 is 0 Å². The van der Waals surface area contributed by atoms with Gasteiger partial charge in [0.1, 0.15) is 5.60 Å². The SMILES string of the molecule is CC(C)[C@@H](C)/C=C/[C@@H](C)[C@H]1CCC2C3=C(CC[C@@]21C)[C@@]1(C)CC[C@H](O)C[C@@]12O[C@H]2C3=O. The summed E-state index contributed by atoms with van der Waals surface area (Å²) in [7, 11) is 0. The zero-order valence-electron chi connectivity index (χ0n) is 20.4. The highest BCUT2D eigenvalue weighted by Gasteiger charge is 2.76. The zero-order valence-corrected chi connectivity index (χ0v) is 20.4. The van der Waals surface area contributed by atoms with Gasteiger partial charge in [-0.2, -0.15) is 0 Å². The van der Waals surface area contributed by atoms with Gasteiger partial charge in [-0.25, -0.2) is 0 Å². The lowest BCUT2D eigenvalue weighted by molar-refractivity contribution is -0.119. The molecule has 4 aliphatic carbocycles. The van der Waals surface area contributed by atoms with Gasteiger partial charge in [-0.1, -0.05) is 59.3 Å². The lowest BCUT2D eigenvalue weighted by Gasteiger charge is -2.52. The smallest absolute Gasteiger partial charge is 0.190 e. The number of epoxide rings is 1. The number of hydrogen-bond acceptors (Lipinski definition) is 3. The number of fused-ring (bicyclic) bond motifs is 3. The van der Waals surface area contributed by atoms with Crippen LogP contribution in [0.4, 0.5) is 0 Å². The first kappa shape index (κ1) is 21.9. The highest BCUT2D eigenvalue weighted by molar-refractivity contribution is 6.05. The Morgan fingerprint density at radius 1 is 1.06 bits per heavy atom. The quantitative estimate of drug-likeness (QED) is 0.452. The van der Waals surface area contributed by atoms with E-state index in [0.717, 1.165) is 25.7 Å². The van der Waals surface area contributed by atoms with Crippen molar-refractivity contribution >= 4 is 5.78 Å². The zero-order chi connectivity index (χ0) is 22.3. The third kappa shape index (κ3) is 2.88. The third-order valence-corrected chi connectivity index (χ3v) is 10.7. The van der Waals surface area contributed by atoms with Crippen LogP contribution in [-0.2, 0) is 9.53 Å². The summed E-state index contributed by atoms with van der Waals surface area (Å²) in [5, 5.41) is 10.3. The molecule has 5 aliphatic rings. The van der Waals surface area contributed by atoms with Crippen LogP contribution in [0, 0.1) is 40.4 Å². The van der Waals surface area contributed by atoms with Crippen LogP contribution in [-0.4, -0.2) is 28.7 Å². The monoisotopic (exact) mass is 426 g/mol. The number of ether oxygens (including phenoxy) is 1. The minimum Gasteiger partial charge on any atom is -0.393 e. The molecule has 0 bridgehead atoms. The predicted octanol–water partition coefficient (Wildman–Crippen LogP) is 5.87. The van der Waals surface area contributed by atoms with E-state index in [2.05, 4.69) is 53.7 Å². The molecular formula is C28H42O3. The molecule has 172 valence electrons. The average Bonchev–Trinajstić information content (AvgIpc) is 3.34. The highest BCUT2D eigenvalue weighted by Crippen LogP contribution is 2.71. The maximum atomic E-state index is 13.7. The van der Waals surface area contributed by atoms with Crippen LogP contribution in [0.25, 0.3) is 0 Å². The minimum atomic E-state index is -0.407. The van der Waals surface area contributed by atoms with Crippen molar-refractivity contribution in [1.82, 2.24) is 0 Å². The van der Waals surface area contributed by atoms with Crippen LogP contribution in [0.2, 0.25) is 0 Å². The summed E-state index contributed by atoms with van der Waals surface area (Å²) in [5.74, 6) is 3.13. The molecule has 5 rings (SSSR count). The van der Waals surface area contributed by atoms with Gasteiger partial charge in [-0.3, -0.25) is 4.79 Å². The fourth-order valence-electron chi connectivity index (χ4n) is 8.21. The summed E-state index contributed by atoms with van der Waals surface area (Å²) in [6.07, 6.45) is 11.3. The summed E-state index contributed by atoms with van der Waals surface area (Å²) in [6.45, 7) is 14.1. The molecule has 1 heterocycles. The molecule has 3 heteroatoms. The highest BCUT2D eigenvalue weighted by atomic mass is 16.6. The number of rotatable bonds is 4. The minimum absolute atomic E-state index is 0.0578. The second-order valence-corrected chi connectivity index (χ2v) is 12.5. The molecule has 1 saturated heterocycles. The molecule has 2 saturated carbocycles. The Hall–Kier alpha value is -0.930. The lowest BCUT2D eigenvalue weighted by atomic mass is 9.50. The molecule has 0 radical (unpaired) electrons. The first-order valence-corrected chi connectivity index (χ1v) is 12.9. The molecule has 0 aromatic rings. The molecule has 3 nitrogen and oxygen atoms in total. The van der Waals surface area contributed by atoms with Gasteiger partial charge in [-0.15, -0.1) is 0 Å². The Morgan fingerprint density at radius 3 is 2.52 bits per heavy atom. The van der Waals surface area contributed by atoms with Crippen molar-refractivity contribution in [2.75, 3.05) is 0 Å². The summed E-state index contributed by atoms with van der Waals surface area (Å²) >= 11 is 0. The van der Waals surface area contributed by atoms with Gasteiger partial charge in [-0.05, 0) is 73.5 Å². The van der Waals surface area contributed by atoms with E-state index in [1.54, 1.807) is 0 Å². The van der Waals surface area contributed by atoms with Crippen LogP contribution in [0.5, 0.6) is 0 Å². The Labute approximate surface area is 188 Å². The number of ketones is 1. The number of aliphatic hydroxyl groups is 1. The Morgan fingerprint density at radius 2 is 1.81 bits per heavy atom. The standard InChI is InChI=1S/C28H42O3/c1-16(2)17(3)7-8-18(4)20-9-10-21-23-22(12-13-26(20,21)5)27(6)14-11-19(29)15-28(27)25(31-28)24(23)30/h7-8,16-21,25,29H,9-15H2,1-6H3/b8-7+/t17-,18+,19-,20+,21?,25-,26+,27+,28-/m0/s1. The molecular weight excluding hydrogens is 384 g/mol. The number of Topliss-reactive ketones (excluding diaryl/α,β-unsaturated/α-hetero) is 1. The normalized spacial score (nSPS) is 48.3. The van der Waals surface area contributed by atoms with Gasteiger partial charge in [0.2, 0.25) is 0 Å². The van der Waals surface area contributed by atoms with Crippen molar-refractivity contribution in [2.24, 2.45) is 40.4 Å². The average molecular weight is 427 g/mol. The Bertz CT molecular complexity index is 839. The van der Waals surface area contributed by atoms with E-state index in [4.69, 9.17) is 4.74 Å². The fraction of sp³-hybridized carbons (Fsp3) is 0.821. The van der Waals surface area contributed by atoms with Crippen molar-refractivity contribution in [2.45, 2.75) is 104 Å². The molecule has 0 amide bonds. The number of hydrogen-bond donors (Lipinski definition) is 1. The van der Waals surface area contributed by atoms with Gasteiger partial charge in [0.15, 0.2) is 11.9 Å². The summed E-state index contributed by atoms with van der Waals surface area (Å²) in [4.78, 5) is 13.7. The third-order valence-electron chi connectivity index (χ3n) is 10.7. The molecule has 1 spiro atoms. The van der Waals surface area contributed by atoms with E-state index in [1.165, 1.54) is 24.0 Å².